The number of nitrogens with zero attached hydrogens (tertiary/aromatic N) is 3. The highest BCUT2D eigenvalue weighted by molar-refractivity contribution is 7.92. The Morgan fingerprint density at radius 3 is 2.53 bits per heavy atom. The third kappa shape index (κ3) is 4.72. The maximum absolute atomic E-state index is 13.1. The first kappa shape index (κ1) is 24.0. The molecular formula is C22H19ClN6O5S2. The lowest BCUT2D eigenvalue weighted by Crippen LogP contribution is -2.35. The van der Waals surface area contributed by atoms with Gasteiger partial charge in [-0.1, -0.05) is 11.6 Å². The van der Waals surface area contributed by atoms with E-state index in [1.807, 2.05) is 10.8 Å². The van der Waals surface area contributed by atoms with Crippen LogP contribution in [0.4, 0.5) is 16.2 Å². The topological polar surface area (TPSA) is 146 Å². The van der Waals surface area contributed by atoms with Gasteiger partial charge >= 0.3 is 11.7 Å². The number of carbonyl (C=O) groups excluding carboxylic acids is 1. The number of nitrogens with one attached hydrogen (secondary N) is 3. The Kier molecular flexibility index (Phi) is 6.28. The first-order valence-electron chi connectivity index (χ1n) is 10.8. The summed E-state index contributed by atoms with van der Waals surface area (Å²) in [5.41, 5.74) is 0.347. The number of amides is 2. The fourth-order valence-electron chi connectivity index (χ4n) is 3.95. The van der Waals surface area contributed by atoms with Gasteiger partial charge in [0.1, 0.15) is 10.0 Å². The number of pyridine rings is 1. The van der Waals surface area contributed by atoms with Crippen LogP contribution >= 0.6 is 22.9 Å². The number of thiophene rings is 1. The Balaban J connectivity index is 1.36. The molecule has 1 aromatic carbocycles. The van der Waals surface area contributed by atoms with Gasteiger partial charge in [-0.2, -0.15) is 0 Å². The van der Waals surface area contributed by atoms with Crippen LogP contribution in [0.2, 0.25) is 4.34 Å². The van der Waals surface area contributed by atoms with Crippen LogP contribution in [0, 0.1) is 0 Å². The molecule has 4 aromatic rings. The number of urea groups is 1. The molecule has 0 spiro atoms. The molecule has 186 valence electrons. The highest BCUT2D eigenvalue weighted by atomic mass is 35.5. The summed E-state index contributed by atoms with van der Waals surface area (Å²) in [4.78, 5) is 47.0. The average molecular weight is 547 g/mol. The van der Waals surface area contributed by atoms with E-state index in [-0.39, 0.29) is 20.1 Å². The number of H-pyrrole nitrogens is 1. The molecule has 3 N–H and O–H groups in total. The molecule has 36 heavy (non-hydrogen) atoms. The Hall–Kier alpha value is -3.68. The molecule has 0 unspecified atom stereocenters. The molecule has 0 saturated carbocycles. The second-order valence-electron chi connectivity index (χ2n) is 8.02. The van der Waals surface area contributed by atoms with Crippen LogP contribution in [0.15, 0.2) is 62.5 Å². The van der Waals surface area contributed by atoms with Crippen molar-refractivity contribution in [3.8, 4) is 5.82 Å². The van der Waals surface area contributed by atoms with Gasteiger partial charge in [0.05, 0.1) is 27.1 Å². The molecule has 0 atom stereocenters. The summed E-state index contributed by atoms with van der Waals surface area (Å²) in [6.45, 7) is 1.87. The van der Waals surface area contributed by atoms with Crippen LogP contribution in [0.5, 0.6) is 0 Å². The summed E-state index contributed by atoms with van der Waals surface area (Å²) < 4.78 is 27.4. The van der Waals surface area contributed by atoms with E-state index in [4.69, 9.17) is 11.6 Å². The predicted molar refractivity (Wildman–Crippen MR) is 138 cm³/mol. The van der Waals surface area contributed by atoms with Crippen LogP contribution in [-0.4, -0.2) is 42.1 Å². The van der Waals surface area contributed by atoms with Crippen molar-refractivity contribution in [2.45, 2.75) is 17.1 Å². The number of benzene rings is 1. The van der Waals surface area contributed by atoms with Gasteiger partial charge in [0.25, 0.3) is 15.6 Å². The maximum Gasteiger partial charge on any atom is 0.334 e. The Bertz CT molecular complexity index is 1690. The largest absolute Gasteiger partial charge is 0.371 e. The Morgan fingerprint density at radius 1 is 1.08 bits per heavy atom. The van der Waals surface area contributed by atoms with E-state index in [9.17, 15) is 22.8 Å². The zero-order valence-corrected chi connectivity index (χ0v) is 20.9. The molecule has 0 bridgehead atoms. The number of aromatic amines is 1. The molecule has 11 nitrogen and oxygen atoms in total. The second-order valence-corrected chi connectivity index (χ2v) is 11.6. The number of hydrogen-bond acceptors (Lipinski definition) is 8. The summed E-state index contributed by atoms with van der Waals surface area (Å²) in [5.74, 6) is 0.0403. The standard InChI is InChI=1S/C22H19ClN6O5S2/c23-17-6-8-19(35-17)36(33,34)27-21(31)25-13-3-7-18(24-12-13)29-20(30)15-5-4-14(28-9-1-2-10-28)11-16(15)26-22(29)32/h3-8,11-12H,1-2,9-10H2,(H,26,32)(H2,25,27,31). The molecule has 1 aliphatic heterocycles. The quantitative estimate of drug-likeness (QED) is 0.349. The van der Waals surface area contributed by atoms with E-state index >= 15 is 0 Å². The molecular weight excluding hydrogens is 528 g/mol. The van der Waals surface area contributed by atoms with Gasteiger partial charge in [-0.15, -0.1) is 11.3 Å². The van der Waals surface area contributed by atoms with Crippen LogP contribution < -0.4 is 26.2 Å². The number of halogens is 1. The molecule has 0 aliphatic carbocycles. The van der Waals surface area contributed by atoms with Gasteiger partial charge in [0, 0.05) is 18.8 Å². The van der Waals surface area contributed by atoms with Gasteiger partial charge in [-0.05, 0) is 55.3 Å². The number of sulfonamides is 1. The third-order valence-corrected chi connectivity index (χ3v) is 8.68. The number of hydrogen-bond donors (Lipinski definition) is 3. The molecule has 1 fully saturated rings. The first-order valence-corrected chi connectivity index (χ1v) is 13.5. The van der Waals surface area contributed by atoms with Crippen molar-refractivity contribution in [1.82, 2.24) is 19.3 Å². The fourth-order valence-corrected chi connectivity index (χ4v) is 6.34. The predicted octanol–water partition coefficient (Wildman–Crippen LogP) is 2.90. The van der Waals surface area contributed by atoms with Crippen molar-refractivity contribution in [2.24, 2.45) is 0 Å². The van der Waals surface area contributed by atoms with Crippen molar-refractivity contribution >= 4 is 61.3 Å². The zero-order chi connectivity index (χ0) is 25.4. The van der Waals surface area contributed by atoms with Crippen molar-refractivity contribution in [2.75, 3.05) is 23.3 Å². The van der Waals surface area contributed by atoms with E-state index in [1.165, 1.54) is 30.5 Å². The average Bonchev–Trinajstić information content (AvgIpc) is 3.52. The van der Waals surface area contributed by atoms with Crippen LogP contribution in [0.3, 0.4) is 0 Å². The molecule has 14 heteroatoms. The van der Waals surface area contributed by atoms with E-state index in [0.29, 0.717) is 10.9 Å². The maximum atomic E-state index is 13.1. The van der Waals surface area contributed by atoms with Gasteiger partial charge in [0.2, 0.25) is 0 Å². The lowest BCUT2D eigenvalue weighted by atomic mass is 10.2. The Morgan fingerprint density at radius 2 is 1.86 bits per heavy atom. The monoisotopic (exact) mass is 546 g/mol. The van der Waals surface area contributed by atoms with Gasteiger partial charge in [-0.3, -0.25) is 4.79 Å². The number of rotatable bonds is 5. The summed E-state index contributed by atoms with van der Waals surface area (Å²) in [6, 6.07) is 9.77. The van der Waals surface area contributed by atoms with Crippen LogP contribution in [0.25, 0.3) is 16.7 Å². The SMILES string of the molecule is O=C(Nc1ccc(-n2c(=O)[nH]c3cc(N4CCCC4)ccc3c2=O)nc1)NS(=O)(=O)c1ccc(Cl)s1. The number of carbonyl (C=O) groups is 1. The van der Waals surface area contributed by atoms with Crippen molar-refractivity contribution in [3.05, 3.63) is 73.8 Å². The fraction of sp³-hybridized carbons (Fsp3) is 0.182. The van der Waals surface area contributed by atoms with Crippen molar-refractivity contribution < 1.29 is 13.2 Å². The second kappa shape index (κ2) is 9.41. The smallest absolute Gasteiger partial charge is 0.334 e. The first-order chi connectivity index (χ1) is 17.2. The normalized spacial score (nSPS) is 13.8. The third-order valence-electron chi connectivity index (χ3n) is 5.63. The molecule has 5 rings (SSSR count). The van der Waals surface area contributed by atoms with E-state index in [0.717, 1.165) is 47.5 Å². The highest BCUT2D eigenvalue weighted by Gasteiger charge is 2.20. The van der Waals surface area contributed by atoms with Crippen molar-refractivity contribution in [1.29, 1.82) is 0 Å². The van der Waals surface area contributed by atoms with E-state index < -0.39 is 27.3 Å². The minimum atomic E-state index is -4.09. The Labute approximate surface area is 213 Å². The highest BCUT2D eigenvalue weighted by Crippen LogP contribution is 2.25. The van der Waals surface area contributed by atoms with Gasteiger partial charge in [0.15, 0.2) is 0 Å². The molecule has 1 aliphatic rings. The minimum Gasteiger partial charge on any atom is -0.371 e. The van der Waals surface area contributed by atoms with Gasteiger partial charge in [-0.25, -0.2) is 32.3 Å². The molecule has 4 heterocycles. The van der Waals surface area contributed by atoms with E-state index in [1.54, 1.807) is 12.1 Å². The van der Waals surface area contributed by atoms with Crippen molar-refractivity contribution in [3.63, 3.8) is 0 Å². The van der Waals surface area contributed by atoms with Crippen LogP contribution in [-0.2, 0) is 10.0 Å². The van der Waals surface area contributed by atoms with Gasteiger partial charge < -0.3 is 15.2 Å². The van der Waals surface area contributed by atoms with Crippen LogP contribution in [0.1, 0.15) is 12.8 Å². The lowest BCUT2D eigenvalue weighted by molar-refractivity contribution is 0.256. The zero-order valence-electron chi connectivity index (χ0n) is 18.5. The molecule has 3 aromatic heterocycles. The number of anilines is 2. The molecule has 2 amide bonds. The number of fused-ring (bicyclic) bond motifs is 1. The summed E-state index contributed by atoms with van der Waals surface area (Å²) in [7, 11) is -4.09. The summed E-state index contributed by atoms with van der Waals surface area (Å²) in [6.07, 6.45) is 3.41. The molecule has 1 saturated heterocycles. The summed E-state index contributed by atoms with van der Waals surface area (Å²) >= 11 is 6.56. The van der Waals surface area contributed by atoms with E-state index in [2.05, 4.69) is 20.2 Å². The minimum absolute atomic E-state index is 0.0403. The number of aromatic nitrogens is 3. The summed E-state index contributed by atoms with van der Waals surface area (Å²) in [5, 5.41) is 2.68. The lowest BCUT2D eigenvalue weighted by Gasteiger charge is -2.18. The molecule has 0 radical (unpaired) electrons.